The van der Waals surface area contributed by atoms with Gasteiger partial charge in [0, 0.05) is 24.3 Å². The van der Waals surface area contributed by atoms with E-state index in [0.717, 1.165) is 0 Å². The predicted molar refractivity (Wildman–Crippen MR) is 74.2 cm³/mol. The molecule has 0 saturated heterocycles. The van der Waals surface area contributed by atoms with Crippen molar-refractivity contribution in [3.8, 4) is 0 Å². The molecule has 1 aromatic heterocycles. The summed E-state index contributed by atoms with van der Waals surface area (Å²) in [4.78, 5) is 23.0. The molecule has 0 radical (unpaired) electrons. The predicted octanol–water partition coefficient (Wildman–Crippen LogP) is 1.80. The molecular formula is C13H12ClN3O2. The lowest BCUT2D eigenvalue weighted by atomic mass is 10.3. The zero-order chi connectivity index (χ0) is 13.8. The number of carbonyl (C=O) groups is 1. The van der Waals surface area contributed by atoms with Crippen LogP contribution in [0.2, 0.25) is 5.02 Å². The van der Waals surface area contributed by atoms with Gasteiger partial charge in [-0.15, -0.1) is 0 Å². The zero-order valence-corrected chi connectivity index (χ0v) is 10.9. The summed E-state index contributed by atoms with van der Waals surface area (Å²) in [6.07, 6.45) is 1.47. The van der Waals surface area contributed by atoms with Crippen LogP contribution in [0.3, 0.4) is 0 Å². The van der Waals surface area contributed by atoms with Gasteiger partial charge in [0.05, 0.1) is 11.3 Å². The van der Waals surface area contributed by atoms with Crippen LogP contribution in [0, 0.1) is 0 Å². The van der Waals surface area contributed by atoms with E-state index in [2.05, 4.69) is 10.9 Å². The van der Waals surface area contributed by atoms with Crippen LogP contribution in [0.5, 0.6) is 0 Å². The lowest BCUT2D eigenvalue weighted by molar-refractivity contribution is 0.0962. The smallest absolute Gasteiger partial charge is 0.271 e. The third-order valence-corrected chi connectivity index (χ3v) is 2.76. The summed E-state index contributed by atoms with van der Waals surface area (Å²) in [7, 11) is 1.59. The monoisotopic (exact) mass is 277 g/mol. The maximum absolute atomic E-state index is 11.8. The van der Waals surface area contributed by atoms with Crippen molar-refractivity contribution in [2.75, 3.05) is 5.43 Å². The van der Waals surface area contributed by atoms with Crippen molar-refractivity contribution in [3.63, 3.8) is 0 Å². The highest BCUT2D eigenvalue weighted by Crippen LogP contribution is 2.12. The van der Waals surface area contributed by atoms with Gasteiger partial charge in [0.25, 0.3) is 5.91 Å². The van der Waals surface area contributed by atoms with Gasteiger partial charge in [0.1, 0.15) is 0 Å². The fourth-order valence-electron chi connectivity index (χ4n) is 1.46. The van der Waals surface area contributed by atoms with E-state index in [1.54, 1.807) is 31.3 Å². The Labute approximate surface area is 114 Å². The molecule has 1 amide bonds. The van der Waals surface area contributed by atoms with Gasteiger partial charge in [-0.1, -0.05) is 11.6 Å². The van der Waals surface area contributed by atoms with Crippen molar-refractivity contribution in [2.24, 2.45) is 7.05 Å². The first-order chi connectivity index (χ1) is 9.06. The molecule has 2 aromatic rings. The van der Waals surface area contributed by atoms with E-state index in [9.17, 15) is 9.59 Å². The average molecular weight is 278 g/mol. The molecule has 2 N–H and O–H groups in total. The van der Waals surface area contributed by atoms with Crippen LogP contribution < -0.4 is 16.4 Å². The van der Waals surface area contributed by atoms with Gasteiger partial charge in [-0.05, 0) is 30.3 Å². The molecule has 0 unspecified atom stereocenters. The largest absolute Gasteiger partial charge is 0.318 e. The van der Waals surface area contributed by atoms with Crippen LogP contribution in [0.15, 0.2) is 47.4 Å². The number of hydrazine groups is 1. The number of anilines is 1. The van der Waals surface area contributed by atoms with E-state index < -0.39 is 0 Å². The second-order valence-electron chi connectivity index (χ2n) is 3.95. The Hall–Kier alpha value is -2.27. The molecule has 98 valence electrons. The maximum Gasteiger partial charge on any atom is 0.271 e. The first kappa shape index (κ1) is 13.2. The summed E-state index contributed by atoms with van der Waals surface area (Å²) in [6.45, 7) is 0. The van der Waals surface area contributed by atoms with Gasteiger partial charge in [-0.3, -0.25) is 20.4 Å². The Morgan fingerprint density at radius 3 is 2.47 bits per heavy atom. The minimum Gasteiger partial charge on any atom is -0.318 e. The molecule has 0 spiro atoms. The van der Waals surface area contributed by atoms with E-state index in [1.165, 1.54) is 22.9 Å². The van der Waals surface area contributed by atoms with Crippen LogP contribution in [0.4, 0.5) is 5.69 Å². The van der Waals surface area contributed by atoms with E-state index in [4.69, 9.17) is 11.6 Å². The molecule has 0 aliphatic heterocycles. The molecule has 1 heterocycles. The topological polar surface area (TPSA) is 63.1 Å². The highest BCUT2D eigenvalue weighted by atomic mass is 35.5. The fraction of sp³-hybridized carbons (Fsp3) is 0.0769. The standard InChI is InChI=1S/C13H12ClN3O2/c1-17-8-9(2-7-12(17)18)13(19)16-15-11-5-3-10(14)4-6-11/h2-8,15H,1H3,(H,16,19). The van der Waals surface area contributed by atoms with Gasteiger partial charge in [-0.25, -0.2) is 0 Å². The van der Waals surface area contributed by atoms with Crippen LogP contribution in [-0.4, -0.2) is 10.5 Å². The molecule has 0 aliphatic rings. The zero-order valence-electron chi connectivity index (χ0n) is 10.2. The minimum atomic E-state index is -0.328. The first-order valence-electron chi connectivity index (χ1n) is 5.55. The van der Waals surface area contributed by atoms with Crippen LogP contribution in [0.25, 0.3) is 0 Å². The molecular weight excluding hydrogens is 266 g/mol. The Bertz CT molecular complexity index is 650. The Morgan fingerprint density at radius 2 is 1.84 bits per heavy atom. The number of pyridine rings is 1. The lowest BCUT2D eigenvalue weighted by Gasteiger charge is -2.09. The third kappa shape index (κ3) is 3.35. The van der Waals surface area contributed by atoms with Crippen LogP contribution >= 0.6 is 11.6 Å². The molecule has 0 bridgehead atoms. The van der Waals surface area contributed by atoms with Gasteiger partial charge in [0.15, 0.2) is 0 Å². The van der Waals surface area contributed by atoms with Gasteiger partial charge < -0.3 is 4.57 Å². The summed E-state index contributed by atoms with van der Waals surface area (Å²) < 4.78 is 1.34. The summed E-state index contributed by atoms with van der Waals surface area (Å²) in [5, 5.41) is 0.620. The minimum absolute atomic E-state index is 0.165. The molecule has 1 aromatic carbocycles. The molecule has 0 atom stereocenters. The van der Waals surface area contributed by atoms with E-state index in [0.29, 0.717) is 16.3 Å². The molecule has 0 aliphatic carbocycles. The molecule has 0 fully saturated rings. The number of nitrogens with one attached hydrogen (secondary N) is 2. The summed E-state index contributed by atoms with van der Waals surface area (Å²) in [5.74, 6) is -0.328. The average Bonchev–Trinajstić information content (AvgIpc) is 2.41. The van der Waals surface area contributed by atoms with Crippen molar-refractivity contribution in [1.82, 2.24) is 9.99 Å². The number of hydrogen-bond acceptors (Lipinski definition) is 3. The third-order valence-electron chi connectivity index (χ3n) is 2.51. The van der Waals surface area contributed by atoms with E-state index >= 15 is 0 Å². The second-order valence-corrected chi connectivity index (χ2v) is 4.39. The Balaban J connectivity index is 2.03. The molecule has 2 rings (SSSR count). The summed E-state index contributed by atoms with van der Waals surface area (Å²) >= 11 is 5.76. The normalized spacial score (nSPS) is 10.0. The van der Waals surface area contributed by atoms with E-state index in [-0.39, 0.29) is 11.5 Å². The number of carbonyl (C=O) groups excluding carboxylic acids is 1. The number of aromatic nitrogens is 1. The quantitative estimate of drug-likeness (QED) is 0.841. The number of rotatable bonds is 3. The summed E-state index contributed by atoms with van der Waals surface area (Å²) in [5.41, 5.74) is 6.23. The second kappa shape index (κ2) is 5.58. The number of aryl methyl sites for hydroxylation is 1. The molecule has 5 nitrogen and oxygen atoms in total. The highest BCUT2D eigenvalue weighted by molar-refractivity contribution is 6.30. The first-order valence-corrected chi connectivity index (χ1v) is 5.92. The van der Waals surface area contributed by atoms with Crippen molar-refractivity contribution in [3.05, 3.63) is 63.5 Å². The molecule has 6 heteroatoms. The Kier molecular flexibility index (Phi) is 3.87. The van der Waals surface area contributed by atoms with Crippen molar-refractivity contribution >= 4 is 23.2 Å². The van der Waals surface area contributed by atoms with Crippen molar-refractivity contribution in [2.45, 2.75) is 0 Å². The number of amides is 1. The SMILES string of the molecule is Cn1cc(C(=O)NNc2ccc(Cl)cc2)ccc1=O. The number of hydrogen-bond donors (Lipinski definition) is 2. The fourth-order valence-corrected chi connectivity index (χ4v) is 1.59. The van der Waals surface area contributed by atoms with Gasteiger partial charge in [-0.2, -0.15) is 0 Å². The maximum atomic E-state index is 11.8. The Morgan fingerprint density at radius 1 is 1.16 bits per heavy atom. The highest BCUT2D eigenvalue weighted by Gasteiger charge is 2.05. The van der Waals surface area contributed by atoms with Gasteiger partial charge in [0.2, 0.25) is 5.56 Å². The number of nitrogens with zero attached hydrogens (tertiary/aromatic N) is 1. The van der Waals surface area contributed by atoms with Gasteiger partial charge >= 0.3 is 0 Å². The molecule has 19 heavy (non-hydrogen) atoms. The van der Waals surface area contributed by atoms with Crippen LogP contribution in [0.1, 0.15) is 10.4 Å². The number of benzene rings is 1. The van der Waals surface area contributed by atoms with E-state index in [1.807, 2.05) is 0 Å². The number of halogens is 1. The summed E-state index contributed by atoms with van der Waals surface area (Å²) in [6, 6.07) is 9.72. The molecule has 0 saturated carbocycles. The van der Waals surface area contributed by atoms with Crippen molar-refractivity contribution in [1.29, 1.82) is 0 Å². The lowest BCUT2D eigenvalue weighted by Crippen LogP contribution is -2.30. The van der Waals surface area contributed by atoms with Crippen molar-refractivity contribution < 1.29 is 4.79 Å². The van der Waals surface area contributed by atoms with Crippen LogP contribution in [-0.2, 0) is 7.05 Å².